The van der Waals surface area contributed by atoms with Crippen LogP contribution in [0.4, 0.5) is 13.2 Å². The Hall–Kier alpha value is -2.58. The number of likely N-dealkylation sites (N-methyl/N-ethyl adjacent to an activating group) is 1. The molecule has 1 aromatic rings. The van der Waals surface area contributed by atoms with Crippen molar-refractivity contribution in [2.75, 3.05) is 20.1 Å². The van der Waals surface area contributed by atoms with E-state index in [1.54, 1.807) is 0 Å². The van der Waals surface area contributed by atoms with E-state index in [1.807, 2.05) is 12.3 Å². The highest BCUT2D eigenvalue weighted by Gasteiger charge is 2.34. The molecule has 0 atom stereocenters. The van der Waals surface area contributed by atoms with Crippen LogP contribution in [0.25, 0.3) is 0 Å². The molecule has 0 bridgehead atoms. The Kier molecular flexibility index (Phi) is 8.25. The monoisotopic (exact) mass is 427 g/mol. The molecular weight excluding hydrogens is 399 g/mol. The van der Waals surface area contributed by atoms with Gasteiger partial charge in [-0.3, -0.25) is 4.79 Å². The van der Waals surface area contributed by atoms with Gasteiger partial charge in [0.2, 0.25) is 11.5 Å². The highest BCUT2D eigenvalue weighted by Crippen LogP contribution is 2.26. The standard InChI is InChI=1S/C19H27N3O.C2HF3O2/c1-3-4-5-6-7-8-10-20-15-12-16-17-14(9-11-22(16)2)13-21-18(17)19(15)23;3-2(4,5)1(6)7/h12-13H,3-11H2,1-2H3,(H,20,21,23);(H,6,7). The van der Waals surface area contributed by atoms with E-state index in [1.165, 1.54) is 43.4 Å². The number of alkyl halides is 3. The lowest BCUT2D eigenvalue weighted by atomic mass is 9.92. The molecule has 0 amide bonds. The number of hydrogen-bond acceptors (Lipinski definition) is 4. The van der Waals surface area contributed by atoms with Crippen LogP contribution in [0.15, 0.2) is 18.0 Å². The highest BCUT2D eigenvalue weighted by atomic mass is 19.4. The number of carbonyl (C=O) groups is 2. The molecule has 9 heteroatoms. The molecule has 2 N–H and O–H groups in total. The number of rotatable bonds is 8. The molecule has 2 aliphatic rings. The van der Waals surface area contributed by atoms with Gasteiger partial charge < -0.3 is 20.2 Å². The van der Waals surface area contributed by atoms with Gasteiger partial charge in [0.15, 0.2) is 0 Å². The molecule has 1 aliphatic carbocycles. The zero-order valence-corrected chi connectivity index (χ0v) is 17.3. The molecule has 0 radical (unpaired) electrons. The Morgan fingerprint density at radius 2 is 1.87 bits per heavy atom. The van der Waals surface area contributed by atoms with Crippen molar-refractivity contribution in [1.29, 1.82) is 0 Å². The van der Waals surface area contributed by atoms with Crippen molar-refractivity contribution >= 4 is 17.5 Å². The van der Waals surface area contributed by atoms with Gasteiger partial charge in [-0.2, -0.15) is 13.2 Å². The highest BCUT2D eigenvalue weighted by molar-refractivity contribution is 6.24. The second-order valence-corrected chi connectivity index (χ2v) is 7.49. The van der Waals surface area contributed by atoms with Crippen LogP contribution in [0.2, 0.25) is 0 Å². The zero-order valence-electron chi connectivity index (χ0n) is 17.3. The first-order valence-electron chi connectivity index (χ1n) is 10.2. The number of H-pyrrole nitrogens is 1. The van der Waals surface area contributed by atoms with E-state index in [9.17, 15) is 18.0 Å². The topological polar surface area (TPSA) is 88.0 Å². The number of aromatic nitrogens is 1. The molecule has 0 aromatic carbocycles. The van der Waals surface area contributed by atoms with Gasteiger partial charge in [-0.15, -0.1) is 0 Å². The Balaban J connectivity index is 0.000000396. The minimum atomic E-state index is -5.19. The Labute approximate surface area is 173 Å². The molecule has 2 heterocycles. The number of carbonyl (C=O) groups excluding carboxylic acids is 2. The molecule has 0 fully saturated rings. The number of allylic oxidation sites excluding steroid dienone is 2. The van der Waals surface area contributed by atoms with E-state index >= 15 is 0 Å². The summed E-state index contributed by atoms with van der Waals surface area (Å²) in [4.78, 5) is 24.6. The number of nitrogens with zero attached hydrogens (tertiary/aromatic N) is 1. The molecule has 3 rings (SSSR count). The lowest BCUT2D eigenvalue weighted by Gasteiger charge is -2.18. The first kappa shape index (κ1) is 23.7. The second-order valence-electron chi connectivity index (χ2n) is 7.49. The molecule has 0 saturated carbocycles. The van der Waals surface area contributed by atoms with Crippen LogP contribution in [-0.4, -0.2) is 53.3 Å². The van der Waals surface area contributed by atoms with Crippen molar-refractivity contribution in [3.05, 3.63) is 34.8 Å². The van der Waals surface area contributed by atoms with Gasteiger partial charge in [0.05, 0.1) is 11.3 Å². The predicted molar refractivity (Wildman–Crippen MR) is 105 cm³/mol. The summed E-state index contributed by atoms with van der Waals surface area (Å²) in [5, 5.41) is 12.2. The quantitative estimate of drug-likeness (QED) is 0.492. The third-order valence-electron chi connectivity index (χ3n) is 5.18. The summed E-state index contributed by atoms with van der Waals surface area (Å²) in [5.41, 5.74) is 5.06. The summed E-state index contributed by atoms with van der Waals surface area (Å²) in [6, 6.07) is 0. The number of carboxylic acids is 1. The lowest BCUT2D eigenvalue weighted by Crippen LogP contribution is -2.37. The normalized spacial score (nSPS) is 15.2. The number of aromatic amines is 1. The second kappa shape index (κ2) is 10.4. The number of aliphatic carboxylic acids is 1. The van der Waals surface area contributed by atoms with Crippen LogP contribution in [0.5, 0.6) is 0 Å². The minimum Gasteiger partial charge on any atom is -0.542 e. The van der Waals surface area contributed by atoms with Crippen molar-refractivity contribution in [2.45, 2.75) is 58.0 Å². The fourth-order valence-corrected chi connectivity index (χ4v) is 3.51. The number of nitrogens with one attached hydrogen (secondary N) is 2. The van der Waals surface area contributed by atoms with E-state index in [4.69, 9.17) is 9.90 Å². The van der Waals surface area contributed by atoms with Crippen LogP contribution >= 0.6 is 0 Å². The number of halogens is 3. The molecule has 166 valence electrons. The van der Waals surface area contributed by atoms with Crippen molar-refractivity contribution in [3.63, 3.8) is 0 Å². The minimum absolute atomic E-state index is 0.108. The molecular formula is C21H28F3N3O3. The Bertz CT molecular complexity index is 838. The SMILES string of the molecule is CCCCCCCCNC1=CC2=[N+](C)CCc3c[nH]c(c32)C1=O.O=C([O-])C(F)(F)F. The summed E-state index contributed by atoms with van der Waals surface area (Å²) in [6.45, 7) is 4.13. The molecule has 0 spiro atoms. The third kappa shape index (κ3) is 5.96. The molecule has 0 saturated heterocycles. The van der Waals surface area contributed by atoms with Gasteiger partial charge in [0.25, 0.3) is 0 Å². The maximum atomic E-state index is 12.6. The first-order chi connectivity index (χ1) is 14.2. The van der Waals surface area contributed by atoms with Gasteiger partial charge in [0.1, 0.15) is 25.3 Å². The molecule has 6 nitrogen and oxygen atoms in total. The summed E-state index contributed by atoms with van der Waals surface area (Å²) in [7, 11) is 2.10. The smallest absolute Gasteiger partial charge is 0.430 e. The van der Waals surface area contributed by atoms with Gasteiger partial charge >= 0.3 is 6.18 Å². The van der Waals surface area contributed by atoms with E-state index < -0.39 is 12.1 Å². The van der Waals surface area contributed by atoms with Crippen LogP contribution in [0.3, 0.4) is 0 Å². The largest absolute Gasteiger partial charge is 0.542 e. The van der Waals surface area contributed by atoms with Crippen LogP contribution in [0.1, 0.15) is 67.1 Å². The summed E-state index contributed by atoms with van der Waals surface area (Å²) in [5.74, 6) is -2.90. The van der Waals surface area contributed by atoms with Crippen LogP contribution < -0.4 is 10.4 Å². The van der Waals surface area contributed by atoms with E-state index in [2.05, 4.69) is 28.8 Å². The predicted octanol–water partition coefficient (Wildman–Crippen LogP) is 2.33. The van der Waals surface area contributed by atoms with Gasteiger partial charge in [0, 0.05) is 25.2 Å². The summed E-state index contributed by atoms with van der Waals surface area (Å²) >= 11 is 0. The van der Waals surface area contributed by atoms with Crippen molar-refractivity contribution in [2.24, 2.45) is 0 Å². The average Bonchev–Trinajstić information content (AvgIpc) is 3.11. The Morgan fingerprint density at radius 1 is 1.23 bits per heavy atom. The number of hydrogen-bond donors (Lipinski definition) is 2. The van der Waals surface area contributed by atoms with E-state index in [-0.39, 0.29) is 5.78 Å². The van der Waals surface area contributed by atoms with Gasteiger partial charge in [-0.1, -0.05) is 39.0 Å². The fraction of sp³-hybridized carbons (Fsp3) is 0.571. The molecule has 30 heavy (non-hydrogen) atoms. The summed E-state index contributed by atoms with van der Waals surface area (Å²) < 4.78 is 33.8. The van der Waals surface area contributed by atoms with Crippen molar-refractivity contribution in [3.8, 4) is 0 Å². The summed E-state index contributed by atoms with van der Waals surface area (Å²) in [6.07, 6.45) is 7.46. The van der Waals surface area contributed by atoms with Gasteiger partial charge in [-0.05, 0) is 12.0 Å². The van der Waals surface area contributed by atoms with Crippen molar-refractivity contribution in [1.82, 2.24) is 10.3 Å². The Morgan fingerprint density at radius 3 is 2.50 bits per heavy atom. The van der Waals surface area contributed by atoms with Crippen LogP contribution in [-0.2, 0) is 11.2 Å². The van der Waals surface area contributed by atoms with Crippen molar-refractivity contribution < 1.29 is 32.4 Å². The zero-order chi connectivity index (χ0) is 22.3. The van der Waals surface area contributed by atoms with E-state index in [0.717, 1.165) is 42.9 Å². The molecule has 0 unspecified atom stereocenters. The molecule has 1 aliphatic heterocycles. The number of unbranched alkanes of at least 4 members (excludes halogenated alkanes) is 5. The first-order valence-corrected chi connectivity index (χ1v) is 10.2. The number of Topliss-reactive ketones (excluding diaryl/α,β-unsaturated/α-hetero) is 1. The average molecular weight is 427 g/mol. The van der Waals surface area contributed by atoms with Gasteiger partial charge in [-0.25, -0.2) is 4.58 Å². The third-order valence-corrected chi connectivity index (χ3v) is 5.18. The van der Waals surface area contributed by atoms with Crippen LogP contribution in [0, 0.1) is 0 Å². The molecule has 1 aromatic heterocycles. The number of carboxylic acid groups (broad SMARTS) is 1. The maximum Gasteiger partial charge on any atom is 0.430 e. The van der Waals surface area contributed by atoms with E-state index in [0.29, 0.717) is 0 Å². The maximum absolute atomic E-state index is 12.6. The lowest BCUT2D eigenvalue weighted by molar-refractivity contribution is -0.497. The fourth-order valence-electron chi connectivity index (χ4n) is 3.51. The number of ketones is 1.